The van der Waals surface area contributed by atoms with E-state index < -0.39 is 0 Å². The zero-order chi connectivity index (χ0) is 13.9. The maximum Gasteiger partial charge on any atom is -0.000835 e. The van der Waals surface area contributed by atoms with Gasteiger partial charge in [-0.05, 0) is 69.4 Å². The van der Waals surface area contributed by atoms with Crippen LogP contribution in [0.2, 0.25) is 0 Å². The monoisotopic (exact) mass is 262 g/mol. The van der Waals surface area contributed by atoms with E-state index in [9.17, 15) is 0 Å². The van der Waals surface area contributed by atoms with E-state index in [-0.39, 0.29) is 0 Å². The van der Waals surface area contributed by atoms with E-state index in [4.69, 9.17) is 0 Å². The van der Waals surface area contributed by atoms with Gasteiger partial charge in [0.2, 0.25) is 0 Å². The highest BCUT2D eigenvalue weighted by atomic mass is 14.8. The predicted molar refractivity (Wildman–Crippen MR) is 84.7 cm³/mol. The maximum atomic E-state index is 3.51. The van der Waals surface area contributed by atoms with E-state index in [0.29, 0.717) is 0 Å². The van der Waals surface area contributed by atoms with Crippen molar-refractivity contribution in [2.75, 3.05) is 26.7 Å². The predicted octanol–water partition coefficient (Wildman–Crippen LogP) is 3.02. The Morgan fingerprint density at radius 3 is 2.16 bits per heavy atom. The lowest BCUT2D eigenvalue weighted by molar-refractivity contribution is 0.606. The molecule has 2 nitrogen and oxygen atoms in total. The molecule has 0 bridgehead atoms. The van der Waals surface area contributed by atoms with Crippen molar-refractivity contribution in [3.63, 3.8) is 0 Å². The number of benzene rings is 1. The quantitative estimate of drug-likeness (QED) is 0.633. The van der Waals surface area contributed by atoms with Crippen molar-refractivity contribution in [3.05, 3.63) is 35.4 Å². The van der Waals surface area contributed by atoms with Crippen LogP contribution in [0, 0.1) is 5.92 Å². The van der Waals surface area contributed by atoms with Crippen LogP contribution >= 0.6 is 0 Å². The summed E-state index contributed by atoms with van der Waals surface area (Å²) < 4.78 is 0. The van der Waals surface area contributed by atoms with Gasteiger partial charge < -0.3 is 10.6 Å². The molecule has 108 valence electrons. The molecule has 0 saturated heterocycles. The fourth-order valence-electron chi connectivity index (χ4n) is 2.22. The number of hydrogen-bond acceptors (Lipinski definition) is 2. The smallest absolute Gasteiger partial charge is 0.000835 e. The van der Waals surface area contributed by atoms with Crippen LogP contribution in [0.1, 0.15) is 37.8 Å². The Bertz CT molecular complexity index is 317. The summed E-state index contributed by atoms with van der Waals surface area (Å²) in [6.45, 7) is 7.88. The van der Waals surface area contributed by atoms with Crippen molar-refractivity contribution < 1.29 is 0 Å². The first-order valence-electron chi connectivity index (χ1n) is 7.65. The van der Waals surface area contributed by atoms with Crippen LogP contribution in [0.25, 0.3) is 0 Å². The van der Waals surface area contributed by atoms with Gasteiger partial charge in [-0.2, -0.15) is 0 Å². The molecule has 1 aromatic rings. The van der Waals surface area contributed by atoms with Gasteiger partial charge in [0.1, 0.15) is 0 Å². The van der Waals surface area contributed by atoms with Crippen LogP contribution in [0.15, 0.2) is 24.3 Å². The Kier molecular flexibility index (Phi) is 8.52. The average molecular weight is 262 g/mol. The van der Waals surface area contributed by atoms with Gasteiger partial charge in [-0.25, -0.2) is 0 Å². The zero-order valence-electron chi connectivity index (χ0n) is 12.8. The van der Waals surface area contributed by atoms with E-state index in [1.807, 2.05) is 7.05 Å². The first-order chi connectivity index (χ1) is 9.22. The molecule has 1 rings (SSSR count). The molecule has 19 heavy (non-hydrogen) atoms. The van der Waals surface area contributed by atoms with Gasteiger partial charge in [-0.3, -0.25) is 0 Å². The Hall–Kier alpha value is -0.860. The van der Waals surface area contributed by atoms with E-state index in [2.05, 4.69) is 48.7 Å². The second kappa shape index (κ2) is 9.99. The van der Waals surface area contributed by atoms with E-state index in [1.165, 1.54) is 30.4 Å². The highest BCUT2D eigenvalue weighted by molar-refractivity contribution is 5.23. The lowest BCUT2D eigenvalue weighted by Gasteiger charge is -2.07. The van der Waals surface area contributed by atoms with Crippen LogP contribution in [0.5, 0.6) is 0 Å². The minimum atomic E-state index is 0.741. The third kappa shape index (κ3) is 8.02. The molecule has 2 N–H and O–H groups in total. The highest BCUT2D eigenvalue weighted by Gasteiger charge is 1.98. The Labute approximate surface area is 119 Å². The Balaban J connectivity index is 2.12. The van der Waals surface area contributed by atoms with Gasteiger partial charge in [0.05, 0.1) is 0 Å². The van der Waals surface area contributed by atoms with Crippen molar-refractivity contribution >= 4 is 0 Å². The van der Waals surface area contributed by atoms with Gasteiger partial charge in [0.25, 0.3) is 0 Å². The van der Waals surface area contributed by atoms with Crippen LogP contribution in [0.3, 0.4) is 0 Å². The van der Waals surface area contributed by atoms with Crippen molar-refractivity contribution in [3.8, 4) is 0 Å². The fraction of sp³-hybridized carbons (Fsp3) is 0.647. The third-order valence-corrected chi connectivity index (χ3v) is 3.29. The standard InChI is InChI=1S/C17H30N2/c1-15(2)14-17-8-6-16(7-9-17)10-13-19-12-5-4-11-18-3/h6-9,15,18-19H,4-5,10-14H2,1-3H3. The third-order valence-electron chi connectivity index (χ3n) is 3.29. The van der Waals surface area contributed by atoms with Crippen molar-refractivity contribution in [1.82, 2.24) is 10.6 Å². The largest absolute Gasteiger partial charge is 0.320 e. The van der Waals surface area contributed by atoms with Crippen LogP contribution < -0.4 is 10.6 Å². The van der Waals surface area contributed by atoms with Gasteiger partial charge in [0.15, 0.2) is 0 Å². The second-order valence-electron chi connectivity index (χ2n) is 5.73. The summed E-state index contributed by atoms with van der Waals surface area (Å²) in [6.07, 6.45) is 4.83. The normalized spacial score (nSPS) is 11.2. The number of rotatable bonds is 10. The Morgan fingerprint density at radius 2 is 1.53 bits per heavy atom. The Morgan fingerprint density at radius 1 is 0.895 bits per heavy atom. The second-order valence-corrected chi connectivity index (χ2v) is 5.73. The molecule has 0 aliphatic rings. The molecule has 0 fully saturated rings. The molecule has 0 aromatic heterocycles. The van der Waals surface area contributed by atoms with Crippen LogP contribution in [-0.2, 0) is 12.8 Å². The molecule has 0 aliphatic heterocycles. The lowest BCUT2D eigenvalue weighted by atomic mass is 10.0. The van der Waals surface area contributed by atoms with Crippen molar-refractivity contribution in [2.24, 2.45) is 5.92 Å². The molecule has 0 saturated carbocycles. The molecule has 0 unspecified atom stereocenters. The number of nitrogens with one attached hydrogen (secondary N) is 2. The van der Waals surface area contributed by atoms with E-state index >= 15 is 0 Å². The van der Waals surface area contributed by atoms with Crippen molar-refractivity contribution in [2.45, 2.75) is 39.5 Å². The minimum Gasteiger partial charge on any atom is -0.320 e. The summed E-state index contributed by atoms with van der Waals surface area (Å²) in [5, 5.41) is 6.69. The SMILES string of the molecule is CNCCCCNCCc1ccc(CC(C)C)cc1. The molecule has 0 aliphatic carbocycles. The van der Waals surface area contributed by atoms with Crippen LogP contribution in [-0.4, -0.2) is 26.7 Å². The molecule has 0 heterocycles. The molecule has 1 aromatic carbocycles. The molecular formula is C17H30N2. The molecule has 2 heteroatoms. The van der Waals surface area contributed by atoms with E-state index in [1.54, 1.807) is 0 Å². The maximum absolute atomic E-state index is 3.51. The number of unbranched alkanes of at least 4 members (excludes halogenated alkanes) is 1. The summed E-state index contributed by atoms with van der Waals surface area (Å²) >= 11 is 0. The average Bonchev–Trinajstić information content (AvgIpc) is 2.39. The number of hydrogen-bond donors (Lipinski definition) is 2. The first kappa shape index (κ1) is 16.2. The molecule has 0 amide bonds. The zero-order valence-corrected chi connectivity index (χ0v) is 12.8. The van der Waals surface area contributed by atoms with E-state index in [0.717, 1.165) is 32.0 Å². The van der Waals surface area contributed by atoms with Crippen LogP contribution in [0.4, 0.5) is 0 Å². The summed E-state index contributed by atoms with van der Waals surface area (Å²) in [5.41, 5.74) is 2.90. The van der Waals surface area contributed by atoms with Crippen molar-refractivity contribution in [1.29, 1.82) is 0 Å². The lowest BCUT2D eigenvalue weighted by Crippen LogP contribution is -2.19. The molecule has 0 atom stereocenters. The topological polar surface area (TPSA) is 24.1 Å². The fourth-order valence-corrected chi connectivity index (χ4v) is 2.22. The molecular weight excluding hydrogens is 232 g/mol. The first-order valence-corrected chi connectivity index (χ1v) is 7.65. The highest BCUT2D eigenvalue weighted by Crippen LogP contribution is 2.09. The molecule has 0 spiro atoms. The van der Waals surface area contributed by atoms with Gasteiger partial charge in [-0.15, -0.1) is 0 Å². The summed E-state index contributed by atoms with van der Waals surface area (Å²) in [5.74, 6) is 0.741. The summed E-state index contributed by atoms with van der Waals surface area (Å²) in [7, 11) is 2.01. The minimum absolute atomic E-state index is 0.741. The van der Waals surface area contributed by atoms with Gasteiger partial charge in [-0.1, -0.05) is 38.1 Å². The summed E-state index contributed by atoms with van der Waals surface area (Å²) in [6, 6.07) is 9.12. The van der Waals surface area contributed by atoms with Gasteiger partial charge >= 0.3 is 0 Å². The molecule has 0 radical (unpaired) electrons. The van der Waals surface area contributed by atoms with Gasteiger partial charge in [0, 0.05) is 0 Å². The summed E-state index contributed by atoms with van der Waals surface area (Å²) in [4.78, 5) is 0.